The van der Waals surface area contributed by atoms with Gasteiger partial charge in [0, 0.05) is 18.3 Å². The largest absolute Gasteiger partial charge is 0.478 e. The van der Waals surface area contributed by atoms with E-state index < -0.39 is 11.9 Å². The SMILES string of the molecule is COC(=O)C(/C=C\N)=C/Cc1cc(C(=O)O)ccn1. The summed E-state index contributed by atoms with van der Waals surface area (Å²) in [6.07, 6.45) is 5.92. The van der Waals surface area contributed by atoms with Gasteiger partial charge in [-0.2, -0.15) is 0 Å². The second-order valence-corrected chi connectivity index (χ2v) is 3.56. The van der Waals surface area contributed by atoms with E-state index in [4.69, 9.17) is 10.8 Å². The molecule has 0 fully saturated rings. The minimum atomic E-state index is -1.03. The predicted octanol–water partition coefficient (Wildman–Crippen LogP) is 0.894. The molecule has 0 saturated heterocycles. The van der Waals surface area contributed by atoms with E-state index in [0.29, 0.717) is 12.1 Å². The zero-order valence-electron chi connectivity index (χ0n) is 10.4. The lowest BCUT2D eigenvalue weighted by Crippen LogP contribution is -2.04. The van der Waals surface area contributed by atoms with Gasteiger partial charge in [0.25, 0.3) is 0 Å². The lowest BCUT2D eigenvalue weighted by atomic mass is 10.1. The highest BCUT2D eigenvalue weighted by Gasteiger charge is 2.07. The summed E-state index contributed by atoms with van der Waals surface area (Å²) in [7, 11) is 1.27. The Kier molecular flexibility index (Phi) is 5.28. The first kappa shape index (κ1) is 14.4. The fourth-order valence-electron chi connectivity index (χ4n) is 1.38. The number of hydrogen-bond acceptors (Lipinski definition) is 5. The van der Waals surface area contributed by atoms with Gasteiger partial charge in [0.15, 0.2) is 0 Å². The Morgan fingerprint density at radius 3 is 2.84 bits per heavy atom. The Bertz CT molecular complexity index is 535. The van der Waals surface area contributed by atoms with Crippen LogP contribution in [0.2, 0.25) is 0 Å². The highest BCUT2D eigenvalue weighted by atomic mass is 16.5. The number of carbonyl (C=O) groups excluding carboxylic acids is 1. The van der Waals surface area contributed by atoms with Gasteiger partial charge in [-0.05, 0) is 24.4 Å². The number of esters is 1. The maximum absolute atomic E-state index is 11.4. The Balaban J connectivity index is 2.91. The normalized spacial score (nSPS) is 11.5. The first-order chi connectivity index (χ1) is 9.08. The number of aromatic nitrogens is 1. The van der Waals surface area contributed by atoms with Crippen molar-refractivity contribution in [3.05, 3.63) is 53.5 Å². The number of rotatable bonds is 5. The molecule has 19 heavy (non-hydrogen) atoms. The summed E-state index contributed by atoms with van der Waals surface area (Å²) in [6.45, 7) is 0. The van der Waals surface area contributed by atoms with Crippen LogP contribution in [0.1, 0.15) is 16.1 Å². The highest BCUT2D eigenvalue weighted by molar-refractivity contribution is 5.91. The average molecular weight is 262 g/mol. The van der Waals surface area contributed by atoms with Gasteiger partial charge in [-0.1, -0.05) is 6.08 Å². The van der Waals surface area contributed by atoms with Gasteiger partial charge in [0.2, 0.25) is 0 Å². The third-order valence-corrected chi connectivity index (χ3v) is 2.29. The molecule has 0 saturated carbocycles. The van der Waals surface area contributed by atoms with Crippen LogP contribution in [0.3, 0.4) is 0 Å². The van der Waals surface area contributed by atoms with E-state index in [0.717, 1.165) is 0 Å². The van der Waals surface area contributed by atoms with E-state index in [1.54, 1.807) is 6.08 Å². The molecule has 1 aromatic heterocycles. The van der Waals surface area contributed by atoms with Crippen LogP contribution in [0.15, 0.2) is 42.3 Å². The average Bonchev–Trinajstić information content (AvgIpc) is 2.42. The van der Waals surface area contributed by atoms with Crippen molar-refractivity contribution in [3.8, 4) is 0 Å². The molecule has 0 atom stereocenters. The molecule has 1 rings (SSSR count). The lowest BCUT2D eigenvalue weighted by Gasteiger charge is -2.01. The minimum Gasteiger partial charge on any atom is -0.478 e. The van der Waals surface area contributed by atoms with Crippen molar-refractivity contribution in [1.29, 1.82) is 0 Å². The van der Waals surface area contributed by atoms with E-state index in [1.807, 2.05) is 0 Å². The van der Waals surface area contributed by atoms with Crippen LogP contribution >= 0.6 is 0 Å². The molecule has 6 heteroatoms. The van der Waals surface area contributed by atoms with Crippen molar-refractivity contribution in [3.63, 3.8) is 0 Å². The number of ether oxygens (including phenoxy) is 1. The molecule has 1 heterocycles. The summed E-state index contributed by atoms with van der Waals surface area (Å²) in [5.41, 5.74) is 6.20. The molecule has 0 radical (unpaired) electrons. The van der Waals surface area contributed by atoms with E-state index in [1.165, 1.54) is 37.7 Å². The van der Waals surface area contributed by atoms with Crippen molar-refractivity contribution >= 4 is 11.9 Å². The predicted molar refractivity (Wildman–Crippen MR) is 68.3 cm³/mol. The van der Waals surface area contributed by atoms with Crippen molar-refractivity contribution < 1.29 is 19.4 Å². The molecule has 0 aliphatic rings. The molecule has 0 amide bonds. The molecule has 100 valence electrons. The molecule has 3 N–H and O–H groups in total. The van der Waals surface area contributed by atoms with Crippen LogP contribution in [-0.2, 0) is 16.0 Å². The lowest BCUT2D eigenvalue weighted by molar-refractivity contribution is -0.135. The number of carboxylic acids is 1. The first-order valence-corrected chi connectivity index (χ1v) is 5.43. The molecule has 0 bridgehead atoms. The van der Waals surface area contributed by atoms with Crippen LogP contribution in [0, 0.1) is 0 Å². The van der Waals surface area contributed by atoms with Crippen LogP contribution in [-0.4, -0.2) is 29.1 Å². The quantitative estimate of drug-likeness (QED) is 0.464. The molecule has 0 aliphatic carbocycles. The van der Waals surface area contributed by atoms with Crippen molar-refractivity contribution in [2.75, 3.05) is 7.11 Å². The number of carbonyl (C=O) groups is 2. The number of carboxylic acid groups (broad SMARTS) is 1. The summed E-state index contributed by atoms with van der Waals surface area (Å²) >= 11 is 0. The van der Waals surface area contributed by atoms with Gasteiger partial charge in [-0.3, -0.25) is 4.98 Å². The standard InChI is InChI=1S/C13H14N2O4/c1-19-13(18)9(4-6-14)2-3-11-8-10(12(16)17)5-7-15-11/h2,4-8H,3,14H2,1H3,(H,16,17)/b6-4-,9-2+. The molecule has 0 spiro atoms. The summed E-state index contributed by atoms with van der Waals surface area (Å²) in [6, 6.07) is 2.84. The topological polar surface area (TPSA) is 103 Å². The molecule has 1 aromatic rings. The van der Waals surface area contributed by atoms with Gasteiger partial charge >= 0.3 is 11.9 Å². The highest BCUT2D eigenvalue weighted by Crippen LogP contribution is 2.06. The zero-order chi connectivity index (χ0) is 14.3. The Morgan fingerprint density at radius 1 is 1.53 bits per heavy atom. The number of aromatic carboxylic acids is 1. The summed E-state index contributed by atoms with van der Waals surface area (Å²) in [5, 5.41) is 8.85. The van der Waals surface area contributed by atoms with Crippen LogP contribution in [0.25, 0.3) is 0 Å². The van der Waals surface area contributed by atoms with Gasteiger partial charge in [-0.25, -0.2) is 9.59 Å². The smallest absolute Gasteiger partial charge is 0.337 e. The van der Waals surface area contributed by atoms with Crippen LogP contribution < -0.4 is 5.73 Å². The van der Waals surface area contributed by atoms with Gasteiger partial charge in [0.05, 0.1) is 18.2 Å². The monoisotopic (exact) mass is 262 g/mol. The first-order valence-electron chi connectivity index (χ1n) is 5.43. The third kappa shape index (κ3) is 4.27. The number of hydrogen-bond donors (Lipinski definition) is 2. The summed E-state index contributed by atoms with van der Waals surface area (Å²) in [5.74, 6) is -1.54. The maximum Gasteiger partial charge on any atom is 0.337 e. The van der Waals surface area contributed by atoms with E-state index in [2.05, 4.69) is 9.72 Å². The second-order valence-electron chi connectivity index (χ2n) is 3.56. The molecule has 0 unspecified atom stereocenters. The second kappa shape index (κ2) is 6.95. The molecular weight excluding hydrogens is 248 g/mol. The Labute approximate surface area is 110 Å². The number of nitrogens with two attached hydrogens (primary N) is 1. The molecule has 0 aromatic carbocycles. The van der Waals surface area contributed by atoms with Gasteiger partial charge in [-0.15, -0.1) is 0 Å². The number of pyridine rings is 1. The Hall–Kier alpha value is -2.63. The van der Waals surface area contributed by atoms with Crippen molar-refractivity contribution in [2.24, 2.45) is 5.73 Å². The van der Waals surface area contributed by atoms with Gasteiger partial charge in [0.1, 0.15) is 0 Å². The van der Waals surface area contributed by atoms with Crippen LogP contribution in [0.5, 0.6) is 0 Å². The number of methoxy groups -OCH3 is 1. The fraction of sp³-hybridized carbons (Fsp3) is 0.154. The Morgan fingerprint density at radius 2 is 2.26 bits per heavy atom. The van der Waals surface area contributed by atoms with Crippen LogP contribution in [0.4, 0.5) is 0 Å². The summed E-state index contributed by atoms with van der Waals surface area (Å²) < 4.78 is 4.59. The molecule has 6 nitrogen and oxygen atoms in total. The number of allylic oxidation sites excluding steroid dienone is 1. The van der Waals surface area contributed by atoms with Crippen molar-refractivity contribution in [1.82, 2.24) is 4.98 Å². The molecule has 0 aliphatic heterocycles. The van der Waals surface area contributed by atoms with Crippen molar-refractivity contribution in [2.45, 2.75) is 6.42 Å². The summed E-state index contributed by atoms with van der Waals surface area (Å²) in [4.78, 5) is 26.2. The molecular formula is C13H14N2O4. The van der Waals surface area contributed by atoms with E-state index in [-0.39, 0.29) is 11.1 Å². The van der Waals surface area contributed by atoms with E-state index in [9.17, 15) is 9.59 Å². The third-order valence-electron chi connectivity index (χ3n) is 2.29. The van der Waals surface area contributed by atoms with E-state index >= 15 is 0 Å². The van der Waals surface area contributed by atoms with Gasteiger partial charge < -0.3 is 15.6 Å². The zero-order valence-corrected chi connectivity index (χ0v) is 10.4. The maximum atomic E-state index is 11.4. The fourth-order valence-corrected chi connectivity index (χ4v) is 1.38. The number of nitrogens with zero attached hydrogens (tertiary/aromatic N) is 1. The minimum absolute atomic E-state index is 0.146.